The highest BCUT2D eigenvalue weighted by molar-refractivity contribution is 6.30. The fourth-order valence-corrected chi connectivity index (χ4v) is 4.45. The van der Waals surface area contributed by atoms with Crippen LogP contribution in [0.25, 0.3) is 0 Å². The molecule has 2 aliphatic heterocycles. The summed E-state index contributed by atoms with van der Waals surface area (Å²) in [5.74, 6) is 0.584. The van der Waals surface area contributed by atoms with Crippen molar-refractivity contribution in [3.05, 3.63) is 47.5 Å². The molecule has 3 heteroatoms. The fourth-order valence-electron chi connectivity index (χ4n) is 4.32. The van der Waals surface area contributed by atoms with E-state index in [1.807, 2.05) is 18.2 Å². The van der Waals surface area contributed by atoms with Crippen molar-refractivity contribution < 1.29 is 4.74 Å². The third-order valence-electron chi connectivity index (χ3n) is 5.66. The normalized spacial score (nSPS) is 34.6. The Morgan fingerprint density at radius 2 is 2.09 bits per heavy atom. The van der Waals surface area contributed by atoms with Gasteiger partial charge in [-0.1, -0.05) is 50.6 Å². The minimum atomic E-state index is 0.161. The summed E-state index contributed by atoms with van der Waals surface area (Å²) in [5.41, 5.74) is 1.52. The van der Waals surface area contributed by atoms with Crippen LogP contribution in [0.15, 0.2) is 36.9 Å². The summed E-state index contributed by atoms with van der Waals surface area (Å²) >= 11 is 6.08. The summed E-state index contributed by atoms with van der Waals surface area (Å²) in [6.45, 7) is 11.8. The molecule has 2 fully saturated rings. The van der Waals surface area contributed by atoms with Gasteiger partial charge in [0.1, 0.15) is 6.23 Å². The predicted molar refractivity (Wildman–Crippen MR) is 96.6 cm³/mol. The van der Waals surface area contributed by atoms with Crippen LogP contribution >= 0.6 is 11.6 Å². The summed E-state index contributed by atoms with van der Waals surface area (Å²) in [5, 5.41) is 0.802. The molecule has 2 saturated heterocycles. The average molecular weight is 334 g/mol. The quantitative estimate of drug-likeness (QED) is 0.680. The van der Waals surface area contributed by atoms with Gasteiger partial charge in [0.25, 0.3) is 0 Å². The summed E-state index contributed by atoms with van der Waals surface area (Å²) in [6.07, 6.45) is 5.56. The Hall–Kier alpha value is -0.830. The first-order valence-electron chi connectivity index (χ1n) is 8.71. The molecule has 0 radical (unpaired) electrons. The zero-order valence-corrected chi connectivity index (χ0v) is 15.2. The summed E-state index contributed by atoms with van der Waals surface area (Å²) in [6, 6.07) is 9.26. The zero-order valence-electron chi connectivity index (χ0n) is 14.5. The highest BCUT2D eigenvalue weighted by Gasteiger charge is 2.52. The first kappa shape index (κ1) is 17.0. The smallest absolute Gasteiger partial charge is 0.117 e. The molecule has 2 aliphatic rings. The number of nitrogens with zero attached hydrogens (tertiary/aromatic N) is 1. The third-order valence-corrected chi connectivity index (χ3v) is 5.91. The van der Waals surface area contributed by atoms with E-state index in [-0.39, 0.29) is 11.6 Å². The highest BCUT2D eigenvalue weighted by Crippen LogP contribution is 2.51. The molecule has 3 unspecified atom stereocenters. The second-order valence-corrected chi connectivity index (χ2v) is 8.13. The molecule has 2 heterocycles. The molecule has 0 aliphatic carbocycles. The molecular weight excluding hydrogens is 306 g/mol. The molecule has 126 valence electrons. The molecule has 1 aromatic rings. The zero-order chi connectivity index (χ0) is 16.6. The lowest BCUT2D eigenvalue weighted by atomic mass is 9.73. The van der Waals surface area contributed by atoms with Gasteiger partial charge >= 0.3 is 0 Å². The van der Waals surface area contributed by atoms with Crippen LogP contribution in [0.4, 0.5) is 0 Å². The predicted octanol–water partition coefficient (Wildman–Crippen LogP) is 5.44. The molecule has 0 N–H and O–H groups in total. The lowest BCUT2D eigenvalue weighted by molar-refractivity contribution is -0.117. The van der Waals surface area contributed by atoms with Gasteiger partial charge in [-0.2, -0.15) is 0 Å². The molecule has 3 rings (SSSR count). The van der Waals surface area contributed by atoms with Gasteiger partial charge in [-0.25, -0.2) is 0 Å². The van der Waals surface area contributed by atoms with Crippen LogP contribution in [-0.2, 0) is 4.74 Å². The van der Waals surface area contributed by atoms with E-state index in [1.54, 1.807) is 0 Å². The summed E-state index contributed by atoms with van der Waals surface area (Å²) in [7, 11) is 0. The number of hydrogen-bond acceptors (Lipinski definition) is 2. The van der Waals surface area contributed by atoms with E-state index in [9.17, 15) is 0 Å². The van der Waals surface area contributed by atoms with E-state index in [4.69, 9.17) is 16.3 Å². The van der Waals surface area contributed by atoms with Crippen LogP contribution in [0.2, 0.25) is 5.02 Å². The molecular formula is C20H28ClNO. The SMILES string of the molecule is C=CCC1(C)CC[C@@H](c2ccc(Cl)cc2)N2C(C(C)C)COC21. The van der Waals surface area contributed by atoms with Crippen molar-refractivity contribution in [1.82, 2.24) is 4.90 Å². The van der Waals surface area contributed by atoms with Crippen molar-refractivity contribution in [3.8, 4) is 0 Å². The van der Waals surface area contributed by atoms with Crippen molar-refractivity contribution in [1.29, 1.82) is 0 Å². The Labute approximate surface area is 145 Å². The molecule has 0 aromatic heterocycles. The van der Waals surface area contributed by atoms with Gasteiger partial charge in [-0.15, -0.1) is 6.58 Å². The van der Waals surface area contributed by atoms with E-state index >= 15 is 0 Å². The molecule has 4 atom stereocenters. The molecule has 0 saturated carbocycles. The van der Waals surface area contributed by atoms with Gasteiger partial charge in [0.2, 0.25) is 0 Å². The van der Waals surface area contributed by atoms with Crippen molar-refractivity contribution in [2.45, 2.75) is 58.3 Å². The molecule has 0 amide bonds. The van der Waals surface area contributed by atoms with Crippen molar-refractivity contribution in [2.75, 3.05) is 6.61 Å². The van der Waals surface area contributed by atoms with Crippen LogP contribution in [0.3, 0.4) is 0 Å². The van der Waals surface area contributed by atoms with Gasteiger partial charge in [-0.3, -0.25) is 4.90 Å². The maximum Gasteiger partial charge on any atom is 0.117 e. The first-order chi connectivity index (χ1) is 11.0. The van der Waals surface area contributed by atoms with Crippen LogP contribution in [-0.4, -0.2) is 23.8 Å². The van der Waals surface area contributed by atoms with E-state index in [0.29, 0.717) is 18.0 Å². The first-order valence-corrected chi connectivity index (χ1v) is 9.09. The minimum Gasteiger partial charge on any atom is -0.361 e. The van der Waals surface area contributed by atoms with E-state index in [0.717, 1.165) is 30.9 Å². The summed E-state index contributed by atoms with van der Waals surface area (Å²) < 4.78 is 6.33. The topological polar surface area (TPSA) is 12.5 Å². The molecule has 1 aromatic carbocycles. The maximum atomic E-state index is 6.33. The number of piperidine rings is 1. The van der Waals surface area contributed by atoms with Crippen LogP contribution in [0.5, 0.6) is 0 Å². The Balaban J connectivity index is 1.95. The van der Waals surface area contributed by atoms with Crippen molar-refractivity contribution in [2.24, 2.45) is 11.3 Å². The number of ether oxygens (including phenoxy) is 1. The number of benzene rings is 1. The highest BCUT2D eigenvalue weighted by atomic mass is 35.5. The van der Waals surface area contributed by atoms with E-state index in [1.165, 1.54) is 5.56 Å². The lowest BCUT2D eigenvalue weighted by Crippen LogP contribution is -2.53. The van der Waals surface area contributed by atoms with Gasteiger partial charge in [0.05, 0.1) is 6.61 Å². The van der Waals surface area contributed by atoms with Crippen LogP contribution in [0.1, 0.15) is 51.6 Å². The molecule has 2 nitrogen and oxygen atoms in total. The standard InChI is InChI=1S/C20H28ClNO/c1-5-11-20(4)12-10-17(15-6-8-16(21)9-7-15)22-18(14(2)3)13-23-19(20)22/h5-9,14,17-19H,1,10-13H2,2-4H3/t17-,18?,19?,20?/m0/s1. The number of fused-ring (bicyclic) bond motifs is 1. The number of hydrogen-bond donors (Lipinski definition) is 0. The average Bonchev–Trinajstić information content (AvgIpc) is 2.96. The Kier molecular flexibility index (Phi) is 4.87. The van der Waals surface area contributed by atoms with Gasteiger partial charge in [-0.05, 0) is 42.9 Å². The molecule has 0 spiro atoms. The third kappa shape index (κ3) is 3.09. The second-order valence-electron chi connectivity index (χ2n) is 7.70. The van der Waals surface area contributed by atoms with E-state index in [2.05, 4.69) is 44.4 Å². The minimum absolute atomic E-state index is 0.161. The second kappa shape index (κ2) is 6.58. The van der Waals surface area contributed by atoms with Gasteiger partial charge in [0, 0.05) is 22.5 Å². The number of allylic oxidation sites excluding steroid dienone is 1. The largest absolute Gasteiger partial charge is 0.361 e. The summed E-state index contributed by atoms with van der Waals surface area (Å²) in [4.78, 5) is 2.64. The monoisotopic (exact) mass is 333 g/mol. The van der Waals surface area contributed by atoms with Crippen LogP contribution < -0.4 is 0 Å². The Morgan fingerprint density at radius 3 is 2.70 bits per heavy atom. The van der Waals surface area contributed by atoms with Crippen LogP contribution in [0, 0.1) is 11.3 Å². The van der Waals surface area contributed by atoms with Gasteiger partial charge in [0.15, 0.2) is 0 Å². The molecule has 23 heavy (non-hydrogen) atoms. The van der Waals surface area contributed by atoms with Crippen molar-refractivity contribution in [3.63, 3.8) is 0 Å². The Morgan fingerprint density at radius 1 is 1.39 bits per heavy atom. The van der Waals surface area contributed by atoms with Gasteiger partial charge < -0.3 is 4.74 Å². The molecule has 0 bridgehead atoms. The number of rotatable bonds is 4. The lowest BCUT2D eigenvalue weighted by Gasteiger charge is -2.50. The Bertz CT molecular complexity index is 555. The number of halogens is 1. The van der Waals surface area contributed by atoms with E-state index < -0.39 is 0 Å². The van der Waals surface area contributed by atoms with Crippen molar-refractivity contribution >= 4 is 11.6 Å². The maximum absolute atomic E-state index is 6.33. The fraction of sp³-hybridized carbons (Fsp3) is 0.600.